The molecule has 0 fully saturated rings. The highest BCUT2D eigenvalue weighted by Crippen LogP contribution is 2.37. The van der Waals surface area contributed by atoms with Gasteiger partial charge in [-0.1, -0.05) is 12.1 Å². The van der Waals surface area contributed by atoms with E-state index >= 15 is 0 Å². The third kappa shape index (κ3) is 3.01. The molecule has 0 bridgehead atoms. The summed E-state index contributed by atoms with van der Waals surface area (Å²) in [7, 11) is 0. The Balaban J connectivity index is 1.68. The number of nitrogens with one attached hydrogen (secondary N) is 2. The van der Waals surface area contributed by atoms with Crippen LogP contribution in [0.15, 0.2) is 59.8 Å². The number of ether oxygens (including phenoxy) is 1. The Kier molecular flexibility index (Phi) is 4.21. The van der Waals surface area contributed by atoms with E-state index in [9.17, 15) is 5.11 Å². The van der Waals surface area contributed by atoms with E-state index in [-0.39, 0.29) is 6.61 Å². The van der Waals surface area contributed by atoms with E-state index in [2.05, 4.69) is 21.0 Å². The Bertz CT molecular complexity index is 1020. The molecule has 3 N–H and O–H groups in total. The predicted molar refractivity (Wildman–Crippen MR) is 100 cm³/mol. The second-order valence-corrected chi connectivity index (χ2v) is 6.40. The lowest BCUT2D eigenvalue weighted by Crippen LogP contribution is -1.89. The summed E-state index contributed by atoms with van der Waals surface area (Å²) >= 11 is 1.66. The van der Waals surface area contributed by atoms with E-state index in [1.807, 2.05) is 48.9 Å². The second-order valence-electron chi connectivity index (χ2n) is 5.58. The summed E-state index contributed by atoms with van der Waals surface area (Å²) in [5.74, 6) is 2.28. The van der Waals surface area contributed by atoms with Crippen molar-refractivity contribution in [2.24, 2.45) is 0 Å². The maximum atomic E-state index is 9.17. The topological polar surface area (TPSA) is 73.9 Å². The number of aliphatic hydroxyl groups is 1. The van der Waals surface area contributed by atoms with Crippen LogP contribution < -0.4 is 4.74 Å². The minimum absolute atomic E-state index is 0.0586. The maximum absolute atomic E-state index is 9.17. The number of hydrogen-bond acceptors (Lipinski definition) is 4. The summed E-state index contributed by atoms with van der Waals surface area (Å²) in [5, 5.41) is 10.3. The number of aromatic nitrogens is 3. The highest BCUT2D eigenvalue weighted by Gasteiger charge is 2.11. The Labute approximate surface area is 149 Å². The van der Waals surface area contributed by atoms with Crippen molar-refractivity contribution in [2.45, 2.75) is 11.5 Å². The van der Waals surface area contributed by atoms with E-state index in [1.165, 1.54) is 0 Å². The SMILES string of the molecule is CSc1c(Oc2cccc(-c3ncc(CO)[nH]3)c2)ccc2[nH]ccc12. The van der Waals surface area contributed by atoms with Gasteiger partial charge in [-0.2, -0.15) is 0 Å². The molecule has 6 heteroatoms. The number of benzene rings is 2. The fourth-order valence-corrected chi connectivity index (χ4v) is 3.51. The normalized spacial score (nSPS) is 11.1. The van der Waals surface area contributed by atoms with Gasteiger partial charge in [0.2, 0.25) is 0 Å². The van der Waals surface area contributed by atoms with Crippen LogP contribution in [0.25, 0.3) is 22.3 Å². The van der Waals surface area contributed by atoms with Crippen molar-refractivity contribution < 1.29 is 9.84 Å². The van der Waals surface area contributed by atoms with Gasteiger partial charge in [-0.15, -0.1) is 11.8 Å². The number of H-pyrrole nitrogens is 2. The molecule has 4 aromatic rings. The minimum atomic E-state index is -0.0586. The third-order valence-corrected chi connectivity index (χ3v) is 4.82. The first-order valence-corrected chi connectivity index (χ1v) is 9.08. The highest BCUT2D eigenvalue weighted by molar-refractivity contribution is 7.99. The molecule has 4 rings (SSSR count). The van der Waals surface area contributed by atoms with Crippen LogP contribution in [-0.4, -0.2) is 26.3 Å². The van der Waals surface area contributed by atoms with E-state index in [1.54, 1.807) is 18.0 Å². The quantitative estimate of drug-likeness (QED) is 0.461. The van der Waals surface area contributed by atoms with Crippen molar-refractivity contribution in [2.75, 3.05) is 6.26 Å². The van der Waals surface area contributed by atoms with Crippen LogP contribution in [0.3, 0.4) is 0 Å². The Morgan fingerprint density at radius 1 is 1.20 bits per heavy atom. The molecule has 25 heavy (non-hydrogen) atoms. The van der Waals surface area contributed by atoms with Crippen LogP contribution in [0.5, 0.6) is 11.5 Å². The maximum Gasteiger partial charge on any atom is 0.141 e. The molecule has 5 nitrogen and oxygen atoms in total. The van der Waals surface area contributed by atoms with Gasteiger partial charge in [-0.3, -0.25) is 0 Å². The lowest BCUT2D eigenvalue weighted by molar-refractivity contribution is 0.277. The van der Waals surface area contributed by atoms with Crippen molar-refractivity contribution in [3.8, 4) is 22.9 Å². The number of aliphatic hydroxyl groups excluding tert-OH is 1. The standard InChI is InChI=1S/C19H17N3O2S/c1-25-18-15-7-8-20-16(15)5-6-17(18)24-14-4-2-3-12(9-14)19-21-10-13(11-23)22-19/h2-10,20,23H,11H2,1H3,(H,21,22). The average Bonchev–Trinajstić information content (AvgIpc) is 3.31. The monoisotopic (exact) mass is 351 g/mol. The van der Waals surface area contributed by atoms with Gasteiger partial charge in [0.05, 0.1) is 23.4 Å². The van der Waals surface area contributed by atoms with Crippen LogP contribution in [0, 0.1) is 0 Å². The molecule has 0 unspecified atom stereocenters. The molecule has 0 atom stereocenters. The summed E-state index contributed by atoms with van der Waals surface area (Å²) in [6.45, 7) is -0.0586. The molecule has 0 radical (unpaired) electrons. The van der Waals surface area contributed by atoms with Gasteiger partial charge in [0, 0.05) is 22.7 Å². The summed E-state index contributed by atoms with van der Waals surface area (Å²) in [4.78, 5) is 11.7. The fourth-order valence-electron chi connectivity index (χ4n) is 2.80. The number of fused-ring (bicyclic) bond motifs is 1. The number of nitrogens with zero attached hydrogens (tertiary/aromatic N) is 1. The van der Waals surface area contributed by atoms with Crippen molar-refractivity contribution in [3.05, 3.63) is 60.6 Å². The second kappa shape index (κ2) is 6.66. The molecule has 0 saturated heterocycles. The van der Waals surface area contributed by atoms with E-state index in [0.29, 0.717) is 11.5 Å². The molecule has 0 aliphatic rings. The first-order chi connectivity index (χ1) is 12.3. The average molecular weight is 351 g/mol. The van der Waals surface area contributed by atoms with E-state index < -0.39 is 0 Å². The van der Waals surface area contributed by atoms with Crippen LogP contribution in [0.4, 0.5) is 0 Å². The molecule has 0 amide bonds. The van der Waals surface area contributed by atoms with Crippen LogP contribution in [0.1, 0.15) is 5.69 Å². The largest absolute Gasteiger partial charge is 0.456 e. The number of thioether (sulfide) groups is 1. The molecule has 2 aromatic heterocycles. The molecule has 0 aliphatic carbocycles. The number of imidazole rings is 1. The third-order valence-electron chi connectivity index (χ3n) is 3.99. The van der Waals surface area contributed by atoms with Gasteiger partial charge in [0.25, 0.3) is 0 Å². The zero-order chi connectivity index (χ0) is 17.2. The summed E-state index contributed by atoms with van der Waals surface area (Å²) in [6.07, 6.45) is 5.61. The van der Waals surface area contributed by atoms with Gasteiger partial charge in [-0.25, -0.2) is 4.98 Å². The zero-order valence-electron chi connectivity index (χ0n) is 13.6. The van der Waals surface area contributed by atoms with Gasteiger partial charge in [0.1, 0.15) is 17.3 Å². The van der Waals surface area contributed by atoms with Gasteiger partial charge >= 0.3 is 0 Å². The molecule has 0 aliphatic heterocycles. The molecule has 126 valence electrons. The Morgan fingerprint density at radius 2 is 2.12 bits per heavy atom. The Morgan fingerprint density at radius 3 is 2.92 bits per heavy atom. The molecule has 0 saturated carbocycles. The van der Waals surface area contributed by atoms with E-state index in [0.717, 1.165) is 32.9 Å². The molecule has 0 spiro atoms. The Hall–Kier alpha value is -2.70. The fraction of sp³-hybridized carbons (Fsp3) is 0.105. The van der Waals surface area contributed by atoms with Crippen molar-refractivity contribution in [3.63, 3.8) is 0 Å². The van der Waals surface area contributed by atoms with Gasteiger partial charge in [0.15, 0.2) is 0 Å². The zero-order valence-corrected chi connectivity index (χ0v) is 14.4. The number of hydrogen-bond donors (Lipinski definition) is 3. The first-order valence-electron chi connectivity index (χ1n) is 7.85. The van der Waals surface area contributed by atoms with Crippen molar-refractivity contribution in [1.29, 1.82) is 0 Å². The number of rotatable bonds is 5. The molecular formula is C19H17N3O2S. The summed E-state index contributed by atoms with van der Waals surface area (Å²) in [5.41, 5.74) is 2.69. The van der Waals surface area contributed by atoms with Gasteiger partial charge in [-0.05, 0) is 36.6 Å². The smallest absolute Gasteiger partial charge is 0.141 e. The van der Waals surface area contributed by atoms with Gasteiger partial charge < -0.3 is 19.8 Å². The highest BCUT2D eigenvalue weighted by atomic mass is 32.2. The molecular weight excluding hydrogens is 334 g/mol. The lowest BCUT2D eigenvalue weighted by atomic mass is 10.2. The minimum Gasteiger partial charge on any atom is -0.456 e. The molecule has 2 aromatic carbocycles. The van der Waals surface area contributed by atoms with Crippen LogP contribution >= 0.6 is 11.8 Å². The van der Waals surface area contributed by atoms with Crippen molar-refractivity contribution in [1.82, 2.24) is 15.0 Å². The summed E-state index contributed by atoms with van der Waals surface area (Å²) < 4.78 is 6.15. The lowest BCUT2D eigenvalue weighted by Gasteiger charge is -2.11. The van der Waals surface area contributed by atoms with Crippen molar-refractivity contribution >= 4 is 22.7 Å². The summed E-state index contributed by atoms with van der Waals surface area (Å²) in [6, 6.07) is 13.8. The van der Waals surface area contributed by atoms with E-state index in [4.69, 9.17) is 4.74 Å². The number of aromatic amines is 2. The van der Waals surface area contributed by atoms with Crippen LogP contribution in [0.2, 0.25) is 0 Å². The predicted octanol–water partition coefficient (Wildman–Crippen LogP) is 4.56. The van der Waals surface area contributed by atoms with Crippen LogP contribution in [-0.2, 0) is 6.61 Å². The first kappa shape index (κ1) is 15.8. The molecule has 2 heterocycles.